The van der Waals surface area contributed by atoms with Crippen molar-refractivity contribution in [1.82, 2.24) is 5.32 Å². The van der Waals surface area contributed by atoms with E-state index in [1.807, 2.05) is 20.8 Å². The lowest BCUT2D eigenvalue weighted by atomic mass is 10.2. The summed E-state index contributed by atoms with van der Waals surface area (Å²) in [4.78, 5) is 11.9. The first-order valence-corrected chi connectivity index (χ1v) is 7.13. The summed E-state index contributed by atoms with van der Waals surface area (Å²) in [5.41, 5.74) is 6.50. The number of anilines is 2. The van der Waals surface area contributed by atoms with Crippen LogP contribution in [0.5, 0.6) is 5.75 Å². The Morgan fingerprint density at radius 1 is 1.38 bits per heavy atom. The average molecular weight is 297 g/mol. The number of rotatable bonds is 7. The second-order valence-electron chi connectivity index (χ2n) is 5.25. The summed E-state index contributed by atoms with van der Waals surface area (Å²) in [6.07, 6.45) is 0.778. The fraction of sp³-hybridized carbons (Fsp3) is 0.533. The highest BCUT2D eigenvalue weighted by molar-refractivity contribution is 5.85. The molecule has 1 amide bonds. The molecule has 0 radical (unpaired) electrons. The normalized spacial score (nSPS) is 12.1. The average Bonchev–Trinajstić information content (AvgIpc) is 2.39. The molecular weight excluding hydrogens is 273 g/mol. The van der Waals surface area contributed by atoms with Crippen molar-refractivity contribution >= 4 is 17.3 Å². The molecule has 1 atom stereocenters. The molecule has 0 saturated carbocycles. The van der Waals surface area contributed by atoms with E-state index in [1.54, 1.807) is 6.92 Å². The van der Waals surface area contributed by atoms with E-state index in [0.29, 0.717) is 12.3 Å². The van der Waals surface area contributed by atoms with Crippen LogP contribution in [0, 0.1) is 5.82 Å². The minimum atomic E-state index is -0.509. The Balaban J connectivity index is 2.84. The van der Waals surface area contributed by atoms with Crippen LogP contribution in [-0.4, -0.2) is 24.6 Å². The van der Waals surface area contributed by atoms with Crippen molar-refractivity contribution in [3.8, 4) is 5.75 Å². The van der Waals surface area contributed by atoms with Crippen molar-refractivity contribution in [2.45, 2.75) is 46.2 Å². The molecule has 118 valence electrons. The number of carbonyl (C=O) groups excluding carboxylic acids is 1. The smallest absolute Gasteiger partial charge is 0.242 e. The molecule has 0 saturated heterocycles. The van der Waals surface area contributed by atoms with Gasteiger partial charge >= 0.3 is 0 Å². The van der Waals surface area contributed by atoms with Gasteiger partial charge in [0.05, 0.1) is 18.0 Å². The molecule has 0 aliphatic heterocycles. The Kier molecular flexibility index (Phi) is 6.27. The quantitative estimate of drug-likeness (QED) is 0.676. The van der Waals surface area contributed by atoms with Gasteiger partial charge in [-0.25, -0.2) is 4.39 Å². The van der Waals surface area contributed by atoms with Crippen molar-refractivity contribution in [3.63, 3.8) is 0 Å². The van der Waals surface area contributed by atoms with Gasteiger partial charge in [0, 0.05) is 18.2 Å². The van der Waals surface area contributed by atoms with Crippen LogP contribution in [0.3, 0.4) is 0 Å². The zero-order chi connectivity index (χ0) is 16.0. The zero-order valence-corrected chi connectivity index (χ0v) is 13.0. The number of nitrogen functional groups attached to an aromatic ring is 1. The number of nitrogens with one attached hydrogen (secondary N) is 2. The molecule has 0 spiro atoms. The van der Waals surface area contributed by atoms with Crippen LogP contribution in [0.4, 0.5) is 15.8 Å². The van der Waals surface area contributed by atoms with Crippen molar-refractivity contribution in [2.75, 3.05) is 17.7 Å². The highest BCUT2D eigenvalue weighted by atomic mass is 19.1. The number of hydrogen-bond donors (Lipinski definition) is 3. The number of carbonyl (C=O) groups is 1. The summed E-state index contributed by atoms with van der Waals surface area (Å²) in [5, 5.41) is 5.77. The van der Waals surface area contributed by atoms with E-state index >= 15 is 0 Å². The lowest BCUT2D eigenvalue weighted by molar-refractivity contribution is -0.122. The van der Waals surface area contributed by atoms with Crippen LogP contribution in [0.1, 0.15) is 34.1 Å². The highest BCUT2D eigenvalue weighted by Crippen LogP contribution is 2.28. The maximum absolute atomic E-state index is 13.7. The Morgan fingerprint density at radius 3 is 2.62 bits per heavy atom. The molecule has 5 nitrogen and oxygen atoms in total. The van der Waals surface area contributed by atoms with Gasteiger partial charge in [0.1, 0.15) is 6.04 Å². The topological polar surface area (TPSA) is 76.4 Å². The minimum absolute atomic E-state index is 0.0516. The van der Waals surface area contributed by atoms with Crippen LogP contribution < -0.4 is 21.1 Å². The third-order valence-electron chi connectivity index (χ3n) is 2.76. The molecule has 0 bridgehead atoms. The fourth-order valence-corrected chi connectivity index (χ4v) is 1.72. The lowest BCUT2D eigenvalue weighted by Gasteiger charge is -2.19. The van der Waals surface area contributed by atoms with E-state index in [1.165, 1.54) is 12.1 Å². The van der Waals surface area contributed by atoms with Gasteiger partial charge in [-0.1, -0.05) is 6.92 Å². The summed E-state index contributed by atoms with van der Waals surface area (Å²) >= 11 is 0. The van der Waals surface area contributed by atoms with Crippen LogP contribution in [0.25, 0.3) is 0 Å². The van der Waals surface area contributed by atoms with Gasteiger partial charge in [0.25, 0.3) is 0 Å². The first kappa shape index (κ1) is 17.1. The minimum Gasteiger partial charge on any atom is -0.490 e. The van der Waals surface area contributed by atoms with Gasteiger partial charge < -0.3 is 21.1 Å². The number of halogens is 1. The molecule has 0 fully saturated rings. The van der Waals surface area contributed by atoms with Gasteiger partial charge in [-0.2, -0.15) is 0 Å². The number of hydrogen-bond acceptors (Lipinski definition) is 4. The van der Waals surface area contributed by atoms with Gasteiger partial charge in [-0.05, 0) is 27.2 Å². The Labute approximate surface area is 125 Å². The largest absolute Gasteiger partial charge is 0.490 e. The molecule has 4 N–H and O–H groups in total. The van der Waals surface area contributed by atoms with Crippen molar-refractivity contribution in [1.29, 1.82) is 0 Å². The van der Waals surface area contributed by atoms with Crippen molar-refractivity contribution in [3.05, 3.63) is 17.9 Å². The standard InChI is InChI=1S/C15H24FN3O2/c1-5-6-21-14-8-13(12(17)7-11(14)16)19-10(4)15(20)18-9(2)3/h7-10,19H,5-6,17H2,1-4H3,(H,18,20). The third kappa shape index (κ3) is 5.13. The number of benzene rings is 1. The Bertz CT molecular complexity index is 492. The maximum Gasteiger partial charge on any atom is 0.242 e. The van der Waals surface area contributed by atoms with E-state index in [0.717, 1.165) is 6.42 Å². The van der Waals surface area contributed by atoms with Gasteiger partial charge in [-0.15, -0.1) is 0 Å². The summed E-state index contributed by atoms with van der Waals surface area (Å²) in [7, 11) is 0. The molecule has 0 aliphatic carbocycles. The Morgan fingerprint density at radius 2 is 2.05 bits per heavy atom. The first-order valence-electron chi connectivity index (χ1n) is 7.13. The fourth-order valence-electron chi connectivity index (χ4n) is 1.72. The van der Waals surface area contributed by atoms with Gasteiger partial charge in [0.15, 0.2) is 11.6 Å². The first-order chi connectivity index (χ1) is 9.85. The van der Waals surface area contributed by atoms with Crippen LogP contribution in [0.2, 0.25) is 0 Å². The molecule has 0 aromatic heterocycles. The van der Waals surface area contributed by atoms with Crippen molar-refractivity contribution in [2.24, 2.45) is 0 Å². The van der Waals surface area contributed by atoms with Gasteiger partial charge in [-0.3, -0.25) is 4.79 Å². The third-order valence-corrected chi connectivity index (χ3v) is 2.76. The predicted octanol–water partition coefficient (Wildman–Crippen LogP) is 2.52. The van der Waals surface area contributed by atoms with Crippen LogP contribution >= 0.6 is 0 Å². The molecule has 1 rings (SSSR count). The van der Waals surface area contributed by atoms with Gasteiger partial charge in [0.2, 0.25) is 5.91 Å². The van der Waals surface area contributed by atoms with E-state index < -0.39 is 11.9 Å². The molecule has 6 heteroatoms. The summed E-state index contributed by atoms with van der Waals surface area (Å²) in [6, 6.07) is 2.25. The SMILES string of the molecule is CCCOc1cc(NC(C)C(=O)NC(C)C)c(N)cc1F. The van der Waals surface area contributed by atoms with Crippen molar-refractivity contribution < 1.29 is 13.9 Å². The second kappa shape index (κ2) is 7.71. The summed E-state index contributed by atoms with van der Waals surface area (Å²) < 4.78 is 19.0. The molecule has 1 unspecified atom stereocenters. The number of nitrogens with two attached hydrogens (primary N) is 1. The lowest BCUT2D eigenvalue weighted by Crippen LogP contribution is -2.41. The molecule has 0 aliphatic rings. The zero-order valence-electron chi connectivity index (χ0n) is 13.0. The van der Waals surface area contributed by atoms with Crippen LogP contribution in [0.15, 0.2) is 12.1 Å². The number of amides is 1. The number of ether oxygens (including phenoxy) is 1. The maximum atomic E-state index is 13.7. The second-order valence-corrected chi connectivity index (χ2v) is 5.25. The summed E-state index contributed by atoms with van der Waals surface area (Å²) in [5.74, 6) is -0.527. The van der Waals surface area contributed by atoms with E-state index in [4.69, 9.17) is 10.5 Å². The van der Waals surface area contributed by atoms with Crippen LogP contribution in [-0.2, 0) is 4.79 Å². The monoisotopic (exact) mass is 297 g/mol. The van der Waals surface area contributed by atoms with E-state index in [9.17, 15) is 9.18 Å². The van der Waals surface area contributed by atoms with E-state index in [-0.39, 0.29) is 23.4 Å². The molecular formula is C15H24FN3O2. The molecule has 1 aromatic rings. The molecule has 0 heterocycles. The summed E-state index contributed by atoms with van der Waals surface area (Å²) in [6.45, 7) is 7.84. The molecule has 1 aromatic carbocycles. The Hall–Kier alpha value is -1.98. The van der Waals surface area contributed by atoms with E-state index in [2.05, 4.69) is 10.6 Å². The molecule has 21 heavy (non-hydrogen) atoms. The highest BCUT2D eigenvalue weighted by Gasteiger charge is 2.16. The predicted molar refractivity (Wildman–Crippen MR) is 83.0 cm³/mol.